The van der Waals surface area contributed by atoms with Crippen molar-refractivity contribution >= 4 is 6.03 Å². The highest BCUT2D eigenvalue weighted by Crippen LogP contribution is 2.22. The largest absolute Gasteiger partial charge is 0.467 e. The molecule has 3 rings (SSSR count). The summed E-state index contributed by atoms with van der Waals surface area (Å²) in [6.45, 7) is 0.556. The van der Waals surface area contributed by atoms with Crippen molar-refractivity contribution in [2.24, 2.45) is 0 Å². The molecule has 0 fully saturated rings. The Balaban J connectivity index is 1.56. The van der Waals surface area contributed by atoms with E-state index in [4.69, 9.17) is 9.15 Å². The summed E-state index contributed by atoms with van der Waals surface area (Å²) >= 11 is 0. The molecule has 5 heteroatoms. The number of carbonyl (C=O) groups is 1. The molecule has 1 aromatic heterocycles. The van der Waals surface area contributed by atoms with E-state index in [1.807, 2.05) is 24.3 Å². The van der Waals surface area contributed by atoms with Gasteiger partial charge in [-0.15, -0.1) is 0 Å². The minimum atomic E-state index is -0.186. The van der Waals surface area contributed by atoms with Crippen LogP contribution < -0.4 is 10.6 Å². The average molecular weight is 314 g/mol. The van der Waals surface area contributed by atoms with Gasteiger partial charge in [-0.3, -0.25) is 0 Å². The number of hydrogen-bond acceptors (Lipinski definition) is 3. The standard InChI is InChI=1S/C18H22N2O3/c1-22-10-8-16(17-7-4-9-23-17)20-18(21)19-15-11-13-5-2-3-6-14(13)12-15/h2-7,9,15-16H,8,10-12H2,1H3,(H2,19,20,21)/t16-/m0/s1. The number of ether oxygens (including phenoxy) is 1. The summed E-state index contributed by atoms with van der Waals surface area (Å²) in [7, 11) is 1.65. The number of urea groups is 1. The van der Waals surface area contributed by atoms with E-state index >= 15 is 0 Å². The Morgan fingerprint density at radius 2 is 2.00 bits per heavy atom. The number of benzene rings is 1. The molecule has 23 heavy (non-hydrogen) atoms. The summed E-state index contributed by atoms with van der Waals surface area (Å²) in [4.78, 5) is 12.3. The fourth-order valence-electron chi connectivity index (χ4n) is 3.06. The molecule has 0 saturated heterocycles. The van der Waals surface area contributed by atoms with Crippen LogP contribution in [0.15, 0.2) is 47.1 Å². The van der Waals surface area contributed by atoms with E-state index in [1.165, 1.54) is 11.1 Å². The first kappa shape index (κ1) is 15.6. The van der Waals surface area contributed by atoms with Gasteiger partial charge in [-0.25, -0.2) is 4.79 Å². The number of methoxy groups -OCH3 is 1. The Kier molecular flexibility index (Phi) is 4.98. The Labute approximate surface area is 136 Å². The van der Waals surface area contributed by atoms with Crippen LogP contribution in [0.5, 0.6) is 0 Å². The van der Waals surface area contributed by atoms with Gasteiger partial charge < -0.3 is 19.8 Å². The van der Waals surface area contributed by atoms with Gasteiger partial charge in [0.05, 0.1) is 12.3 Å². The smallest absolute Gasteiger partial charge is 0.315 e. The number of furan rings is 1. The quantitative estimate of drug-likeness (QED) is 0.862. The highest BCUT2D eigenvalue weighted by atomic mass is 16.5. The summed E-state index contributed by atoms with van der Waals surface area (Å²) < 4.78 is 10.5. The van der Waals surface area contributed by atoms with Crippen molar-refractivity contribution in [2.45, 2.75) is 31.3 Å². The molecular formula is C18H22N2O3. The van der Waals surface area contributed by atoms with Gasteiger partial charge in [0.25, 0.3) is 0 Å². The van der Waals surface area contributed by atoms with E-state index in [0.29, 0.717) is 13.0 Å². The molecule has 1 atom stereocenters. The fraction of sp³-hybridized carbons (Fsp3) is 0.389. The predicted octanol–water partition coefficient (Wildman–Crippen LogP) is 2.82. The molecule has 1 heterocycles. The molecule has 1 aliphatic carbocycles. The highest BCUT2D eigenvalue weighted by molar-refractivity contribution is 5.75. The third-order valence-corrected chi connectivity index (χ3v) is 4.19. The normalized spacial score (nSPS) is 15.2. The molecular weight excluding hydrogens is 292 g/mol. The van der Waals surface area contributed by atoms with Crippen molar-refractivity contribution in [3.63, 3.8) is 0 Å². The zero-order valence-corrected chi connectivity index (χ0v) is 13.2. The first-order valence-electron chi connectivity index (χ1n) is 7.92. The number of fused-ring (bicyclic) bond motifs is 1. The second-order valence-corrected chi connectivity index (χ2v) is 5.84. The molecule has 0 radical (unpaired) electrons. The predicted molar refractivity (Wildman–Crippen MR) is 87.2 cm³/mol. The maximum absolute atomic E-state index is 12.3. The summed E-state index contributed by atoms with van der Waals surface area (Å²) in [6, 6.07) is 11.8. The summed E-state index contributed by atoms with van der Waals surface area (Å²) in [5, 5.41) is 6.05. The first-order valence-corrected chi connectivity index (χ1v) is 7.92. The molecule has 5 nitrogen and oxygen atoms in total. The van der Waals surface area contributed by atoms with Crippen molar-refractivity contribution in [1.29, 1.82) is 0 Å². The maximum Gasteiger partial charge on any atom is 0.315 e. The Hall–Kier alpha value is -2.27. The number of hydrogen-bond donors (Lipinski definition) is 2. The molecule has 2 amide bonds. The number of nitrogens with one attached hydrogen (secondary N) is 2. The van der Waals surface area contributed by atoms with Gasteiger partial charge in [0, 0.05) is 19.8 Å². The Morgan fingerprint density at radius 3 is 2.61 bits per heavy atom. The van der Waals surface area contributed by atoms with Crippen molar-refractivity contribution < 1.29 is 13.9 Å². The fourth-order valence-corrected chi connectivity index (χ4v) is 3.06. The van der Waals surface area contributed by atoms with Crippen LogP contribution in [0.1, 0.15) is 29.3 Å². The second-order valence-electron chi connectivity index (χ2n) is 5.84. The molecule has 2 aromatic rings. The number of amides is 2. The van der Waals surface area contributed by atoms with E-state index in [1.54, 1.807) is 13.4 Å². The minimum absolute atomic E-state index is 0.145. The van der Waals surface area contributed by atoms with Crippen LogP contribution in [0.25, 0.3) is 0 Å². The SMILES string of the molecule is COCC[C@H](NC(=O)NC1Cc2ccccc2C1)c1ccco1. The highest BCUT2D eigenvalue weighted by Gasteiger charge is 2.24. The first-order chi connectivity index (χ1) is 11.3. The average Bonchev–Trinajstić information content (AvgIpc) is 3.20. The van der Waals surface area contributed by atoms with Crippen LogP contribution in [-0.4, -0.2) is 25.8 Å². The monoisotopic (exact) mass is 314 g/mol. The second kappa shape index (κ2) is 7.33. The van der Waals surface area contributed by atoms with Crippen LogP contribution in [-0.2, 0) is 17.6 Å². The van der Waals surface area contributed by atoms with Crippen LogP contribution in [0.3, 0.4) is 0 Å². The van der Waals surface area contributed by atoms with Crippen molar-refractivity contribution in [3.8, 4) is 0 Å². The summed E-state index contributed by atoms with van der Waals surface area (Å²) in [5.74, 6) is 0.743. The van der Waals surface area contributed by atoms with Crippen LogP contribution >= 0.6 is 0 Å². The van der Waals surface area contributed by atoms with Gasteiger partial charge in [-0.1, -0.05) is 24.3 Å². The van der Waals surface area contributed by atoms with E-state index in [-0.39, 0.29) is 18.1 Å². The molecule has 2 N–H and O–H groups in total. The third kappa shape index (κ3) is 3.93. The number of carbonyl (C=O) groups excluding carboxylic acids is 1. The van der Waals surface area contributed by atoms with E-state index < -0.39 is 0 Å². The van der Waals surface area contributed by atoms with Gasteiger partial charge in [0.15, 0.2) is 0 Å². The minimum Gasteiger partial charge on any atom is -0.467 e. The zero-order valence-electron chi connectivity index (χ0n) is 13.2. The lowest BCUT2D eigenvalue weighted by molar-refractivity contribution is 0.177. The molecule has 1 aliphatic rings. The topological polar surface area (TPSA) is 63.5 Å². The molecule has 122 valence electrons. The lowest BCUT2D eigenvalue weighted by atomic mass is 10.1. The zero-order chi connectivity index (χ0) is 16.1. The van der Waals surface area contributed by atoms with Gasteiger partial charge in [-0.2, -0.15) is 0 Å². The molecule has 0 aliphatic heterocycles. The van der Waals surface area contributed by atoms with E-state index in [0.717, 1.165) is 18.6 Å². The van der Waals surface area contributed by atoms with Gasteiger partial charge in [-0.05, 0) is 42.5 Å². The molecule has 0 spiro atoms. The van der Waals surface area contributed by atoms with E-state index in [9.17, 15) is 4.79 Å². The van der Waals surface area contributed by atoms with Gasteiger partial charge >= 0.3 is 6.03 Å². The van der Waals surface area contributed by atoms with Crippen LogP contribution in [0, 0.1) is 0 Å². The van der Waals surface area contributed by atoms with Crippen molar-refractivity contribution in [3.05, 3.63) is 59.5 Å². The molecule has 0 unspecified atom stereocenters. The Morgan fingerprint density at radius 1 is 1.26 bits per heavy atom. The van der Waals surface area contributed by atoms with Gasteiger partial charge in [0.2, 0.25) is 0 Å². The lowest BCUT2D eigenvalue weighted by Crippen LogP contribution is -2.44. The van der Waals surface area contributed by atoms with Crippen LogP contribution in [0.2, 0.25) is 0 Å². The Bertz CT molecular complexity index is 614. The number of rotatable bonds is 6. The maximum atomic E-state index is 12.3. The van der Waals surface area contributed by atoms with E-state index in [2.05, 4.69) is 22.8 Å². The van der Waals surface area contributed by atoms with Crippen molar-refractivity contribution in [1.82, 2.24) is 10.6 Å². The third-order valence-electron chi connectivity index (χ3n) is 4.19. The van der Waals surface area contributed by atoms with Crippen molar-refractivity contribution in [2.75, 3.05) is 13.7 Å². The summed E-state index contributed by atoms with van der Waals surface area (Å²) in [5.41, 5.74) is 2.64. The molecule has 0 bridgehead atoms. The van der Waals surface area contributed by atoms with Gasteiger partial charge in [0.1, 0.15) is 5.76 Å². The van der Waals surface area contributed by atoms with Crippen LogP contribution in [0.4, 0.5) is 4.79 Å². The molecule has 0 saturated carbocycles. The molecule has 1 aromatic carbocycles. The summed E-state index contributed by atoms with van der Waals surface area (Å²) in [6.07, 6.45) is 4.05. The lowest BCUT2D eigenvalue weighted by Gasteiger charge is -2.19.